The zero-order valence-electron chi connectivity index (χ0n) is 12.0. The van der Waals surface area contributed by atoms with Gasteiger partial charge in [0.25, 0.3) is 0 Å². The fourth-order valence-corrected chi connectivity index (χ4v) is 2.92. The Morgan fingerprint density at radius 3 is 2.84 bits per heavy atom. The molecule has 1 unspecified atom stereocenters. The van der Waals surface area contributed by atoms with Gasteiger partial charge in [-0.25, -0.2) is 0 Å². The number of nitriles is 1. The minimum absolute atomic E-state index is 0.412. The molecule has 0 spiro atoms. The van der Waals surface area contributed by atoms with Crippen molar-refractivity contribution in [2.24, 2.45) is 5.41 Å². The molecule has 0 saturated heterocycles. The SMILES string of the molecule is COc1cc(C#N)ccc1NC1CCCC(C)(C)C1. The van der Waals surface area contributed by atoms with Crippen molar-refractivity contribution in [3.8, 4) is 11.8 Å². The molecule has 3 nitrogen and oxygen atoms in total. The molecular weight excluding hydrogens is 236 g/mol. The quantitative estimate of drug-likeness (QED) is 0.893. The van der Waals surface area contributed by atoms with Crippen LogP contribution in [0.5, 0.6) is 5.75 Å². The van der Waals surface area contributed by atoms with Crippen LogP contribution in [-0.4, -0.2) is 13.2 Å². The lowest BCUT2D eigenvalue weighted by Gasteiger charge is -2.36. The van der Waals surface area contributed by atoms with Gasteiger partial charge in [-0.1, -0.05) is 20.3 Å². The van der Waals surface area contributed by atoms with E-state index in [4.69, 9.17) is 10.00 Å². The van der Waals surface area contributed by atoms with Gasteiger partial charge >= 0.3 is 0 Å². The van der Waals surface area contributed by atoms with Gasteiger partial charge in [0.05, 0.1) is 24.4 Å². The normalized spacial score (nSPS) is 21.5. The zero-order chi connectivity index (χ0) is 13.9. The first kappa shape index (κ1) is 13.7. The van der Waals surface area contributed by atoms with Gasteiger partial charge in [0.15, 0.2) is 0 Å². The molecule has 1 N–H and O–H groups in total. The minimum Gasteiger partial charge on any atom is -0.495 e. The molecule has 102 valence electrons. The van der Waals surface area contributed by atoms with Gasteiger partial charge in [-0.15, -0.1) is 0 Å². The van der Waals surface area contributed by atoms with Crippen molar-refractivity contribution in [2.45, 2.75) is 45.6 Å². The summed E-state index contributed by atoms with van der Waals surface area (Å²) in [6.45, 7) is 4.66. The van der Waals surface area contributed by atoms with E-state index in [0.29, 0.717) is 17.0 Å². The molecule has 19 heavy (non-hydrogen) atoms. The first-order valence-electron chi connectivity index (χ1n) is 6.89. The maximum Gasteiger partial charge on any atom is 0.143 e. The number of nitrogens with zero attached hydrogens (tertiary/aromatic N) is 1. The highest BCUT2D eigenvalue weighted by molar-refractivity contribution is 5.60. The van der Waals surface area contributed by atoms with E-state index in [0.717, 1.165) is 11.4 Å². The molecule has 0 aliphatic heterocycles. The summed E-state index contributed by atoms with van der Waals surface area (Å²) in [5, 5.41) is 12.5. The number of rotatable bonds is 3. The second-order valence-corrected chi connectivity index (χ2v) is 6.13. The molecule has 0 heterocycles. The van der Waals surface area contributed by atoms with Crippen LogP contribution in [0.15, 0.2) is 18.2 Å². The van der Waals surface area contributed by atoms with Crippen LogP contribution in [0.1, 0.15) is 45.1 Å². The van der Waals surface area contributed by atoms with E-state index in [9.17, 15) is 0 Å². The molecule has 1 aromatic rings. The fourth-order valence-electron chi connectivity index (χ4n) is 2.92. The highest BCUT2D eigenvalue weighted by atomic mass is 16.5. The average molecular weight is 258 g/mol. The van der Waals surface area contributed by atoms with Crippen LogP contribution < -0.4 is 10.1 Å². The Hall–Kier alpha value is -1.69. The Morgan fingerprint density at radius 1 is 1.42 bits per heavy atom. The maximum atomic E-state index is 8.91. The Morgan fingerprint density at radius 2 is 2.21 bits per heavy atom. The van der Waals surface area contributed by atoms with Gasteiger partial charge in [0.2, 0.25) is 0 Å². The van der Waals surface area contributed by atoms with Crippen molar-refractivity contribution in [3.05, 3.63) is 23.8 Å². The monoisotopic (exact) mass is 258 g/mol. The van der Waals surface area contributed by atoms with Crippen molar-refractivity contribution in [1.29, 1.82) is 5.26 Å². The van der Waals surface area contributed by atoms with Crippen LogP contribution >= 0.6 is 0 Å². The molecule has 0 amide bonds. The lowest BCUT2D eigenvalue weighted by Crippen LogP contribution is -2.31. The lowest BCUT2D eigenvalue weighted by atomic mass is 9.75. The maximum absolute atomic E-state index is 8.91. The molecule has 1 fully saturated rings. The van der Waals surface area contributed by atoms with E-state index in [1.807, 2.05) is 12.1 Å². The van der Waals surface area contributed by atoms with Gasteiger partial charge in [-0.3, -0.25) is 0 Å². The summed E-state index contributed by atoms with van der Waals surface area (Å²) in [5.74, 6) is 0.752. The van der Waals surface area contributed by atoms with Gasteiger partial charge in [-0.2, -0.15) is 5.26 Å². The molecule has 0 radical (unpaired) electrons. The number of nitrogens with one attached hydrogen (secondary N) is 1. The summed E-state index contributed by atoms with van der Waals surface area (Å²) in [4.78, 5) is 0. The van der Waals surface area contributed by atoms with Crippen LogP contribution in [-0.2, 0) is 0 Å². The Labute approximate surface area is 115 Å². The third kappa shape index (κ3) is 3.41. The van der Waals surface area contributed by atoms with Crippen LogP contribution in [0.25, 0.3) is 0 Å². The molecule has 1 aliphatic carbocycles. The van der Waals surface area contributed by atoms with Gasteiger partial charge in [-0.05, 0) is 36.8 Å². The Bertz CT molecular complexity index is 488. The van der Waals surface area contributed by atoms with Gasteiger partial charge < -0.3 is 10.1 Å². The molecular formula is C16H22N2O. The second kappa shape index (κ2) is 5.52. The summed E-state index contributed by atoms with van der Waals surface area (Å²) in [5.41, 5.74) is 2.03. The van der Waals surface area contributed by atoms with Crippen molar-refractivity contribution in [3.63, 3.8) is 0 Å². The third-order valence-electron chi connectivity index (χ3n) is 3.90. The number of hydrogen-bond donors (Lipinski definition) is 1. The molecule has 1 aliphatic rings. The number of hydrogen-bond acceptors (Lipinski definition) is 3. The summed E-state index contributed by atoms with van der Waals surface area (Å²) in [6.07, 6.45) is 4.95. The number of ether oxygens (including phenoxy) is 1. The number of anilines is 1. The molecule has 0 bridgehead atoms. The Kier molecular flexibility index (Phi) is 3.99. The summed E-state index contributed by atoms with van der Waals surface area (Å²) in [6, 6.07) is 8.19. The molecule has 1 saturated carbocycles. The molecule has 1 atom stereocenters. The fraction of sp³-hybridized carbons (Fsp3) is 0.562. The molecule has 0 aromatic heterocycles. The van der Waals surface area contributed by atoms with E-state index < -0.39 is 0 Å². The number of benzene rings is 1. The van der Waals surface area contributed by atoms with Crippen molar-refractivity contribution >= 4 is 5.69 Å². The average Bonchev–Trinajstić information content (AvgIpc) is 2.38. The van der Waals surface area contributed by atoms with E-state index in [-0.39, 0.29) is 0 Å². The van der Waals surface area contributed by atoms with Gasteiger partial charge in [0.1, 0.15) is 5.75 Å². The number of methoxy groups -OCH3 is 1. The van der Waals surface area contributed by atoms with Crippen molar-refractivity contribution in [2.75, 3.05) is 12.4 Å². The van der Waals surface area contributed by atoms with Gasteiger partial charge in [0, 0.05) is 12.1 Å². The predicted molar refractivity (Wildman–Crippen MR) is 77.4 cm³/mol. The van der Waals surface area contributed by atoms with E-state index in [1.165, 1.54) is 25.7 Å². The smallest absolute Gasteiger partial charge is 0.143 e. The summed E-state index contributed by atoms with van der Waals surface area (Å²) < 4.78 is 5.37. The van der Waals surface area contributed by atoms with Crippen molar-refractivity contribution < 1.29 is 4.74 Å². The summed E-state index contributed by atoms with van der Waals surface area (Å²) in [7, 11) is 1.65. The first-order valence-corrected chi connectivity index (χ1v) is 6.89. The molecule has 2 rings (SSSR count). The highest BCUT2D eigenvalue weighted by Crippen LogP contribution is 2.37. The Balaban J connectivity index is 2.13. The topological polar surface area (TPSA) is 45.0 Å². The minimum atomic E-state index is 0.412. The molecule has 3 heteroatoms. The van der Waals surface area contributed by atoms with Crippen LogP contribution in [0, 0.1) is 16.7 Å². The van der Waals surface area contributed by atoms with Crippen LogP contribution in [0.3, 0.4) is 0 Å². The largest absolute Gasteiger partial charge is 0.495 e. The zero-order valence-corrected chi connectivity index (χ0v) is 12.0. The predicted octanol–water partition coefficient (Wildman–Crippen LogP) is 3.95. The lowest BCUT2D eigenvalue weighted by molar-refractivity contribution is 0.229. The standard InChI is InChI=1S/C16H22N2O/c1-16(2)8-4-5-13(10-16)18-14-7-6-12(11-17)9-15(14)19-3/h6-7,9,13,18H,4-5,8,10H2,1-3H3. The van der Waals surface area contributed by atoms with E-state index in [2.05, 4.69) is 25.2 Å². The van der Waals surface area contributed by atoms with E-state index in [1.54, 1.807) is 13.2 Å². The molecule has 1 aromatic carbocycles. The van der Waals surface area contributed by atoms with E-state index >= 15 is 0 Å². The summed E-state index contributed by atoms with van der Waals surface area (Å²) >= 11 is 0. The third-order valence-corrected chi connectivity index (χ3v) is 3.90. The van der Waals surface area contributed by atoms with Crippen molar-refractivity contribution in [1.82, 2.24) is 0 Å². The first-order chi connectivity index (χ1) is 9.04. The highest BCUT2D eigenvalue weighted by Gasteiger charge is 2.28. The van der Waals surface area contributed by atoms with Crippen LogP contribution in [0.2, 0.25) is 0 Å². The second-order valence-electron chi connectivity index (χ2n) is 6.13. The van der Waals surface area contributed by atoms with Crippen LogP contribution in [0.4, 0.5) is 5.69 Å².